The summed E-state index contributed by atoms with van der Waals surface area (Å²) in [7, 11) is 0. The van der Waals surface area contributed by atoms with Gasteiger partial charge in [0, 0.05) is 25.2 Å². The molecule has 0 bridgehead atoms. The van der Waals surface area contributed by atoms with Gasteiger partial charge >= 0.3 is 0 Å². The number of hydrogen-bond acceptors (Lipinski definition) is 3. The molecule has 1 heterocycles. The van der Waals surface area contributed by atoms with Crippen LogP contribution in [0.5, 0.6) is 0 Å². The SMILES string of the molecule is Cc1ccc(N2CC(C(=O)Nc3ccccc3C(=O)NCCc3ccccc3)CC2=O)cc1. The van der Waals surface area contributed by atoms with Crippen molar-refractivity contribution in [2.45, 2.75) is 19.8 Å². The molecule has 0 saturated carbocycles. The molecule has 0 aromatic heterocycles. The molecule has 1 atom stereocenters. The van der Waals surface area contributed by atoms with Gasteiger partial charge in [-0.1, -0.05) is 60.2 Å². The Kier molecular flexibility index (Phi) is 6.83. The lowest BCUT2D eigenvalue weighted by atomic mass is 10.1. The number of nitrogens with zero attached hydrogens (tertiary/aromatic N) is 1. The van der Waals surface area contributed by atoms with E-state index in [9.17, 15) is 14.4 Å². The molecule has 33 heavy (non-hydrogen) atoms. The van der Waals surface area contributed by atoms with E-state index in [1.807, 2.05) is 61.5 Å². The van der Waals surface area contributed by atoms with Crippen LogP contribution in [0.25, 0.3) is 0 Å². The van der Waals surface area contributed by atoms with Crippen LogP contribution in [0.1, 0.15) is 27.9 Å². The van der Waals surface area contributed by atoms with Crippen molar-refractivity contribution in [2.24, 2.45) is 5.92 Å². The Hall–Kier alpha value is -3.93. The minimum Gasteiger partial charge on any atom is -0.352 e. The van der Waals surface area contributed by atoms with E-state index in [1.54, 1.807) is 29.2 Å². The molecule has 1 unspecified atom stereocenters. The number of aryl methyl sites for hydroxylation is 1. The molecule has 1 aliphatic rings. The Bertz CT molecular complexity index is 1140. The lowest BCUT2D eigenvalue weighted by molar-refractivity contribution is -0.122. The minimum absolute atomic E-state index is 0.0778. The standard InChI is InChI=1S/C27H27N3O3/c1-19-11-13-22(14-12-19)30-18-21(17-25(30)31)26(32)29-24-10-6-5-9-23(24)27(33)28-16-15-20-7-3-2-4-8-20/h2-14,21H,15-18H2,1H3,(H,28,33)(H,29,32). The number of hydrogen-bond donors (Lipinski definition) is 2. The third kappa shape index (κ3) is 5.47. The highest BCUT2D eigenvalue weighted by molar-refractivity contribution is 6.07. The van der Waals surface area contributed by atoms with Crippen LogP contribution in [0.2, 0.25) is 0 Å². The fourth-order valence-electron chi connectivity index (χ4n) is 3.94. The number of rotatable bonds is 7. The second-order valence-corrected chi connectivity index (χ2v) is 8.27. The first-order chi connectivity index (χ1) is 16.0. The number of amides is 3. The molecule has 0 spiro atoms. The normalized spacial score (nSPS) is 15.4. The molecule has 168 valence electrons. The smallest absolute Gasteiger partial charge is 0.253 e. The molecule has 1 saturated heterocycles. The predicted octanol–water partition coefficient (Wildman–Crippen LogP) is 3.96. The number of para-hydroxylation sites is 1. The molecule has 6 nitrogen and oxygen atoms in total. The lowest BCUT2D eigenvalue weighted by Gasteiger charge is -2.17. The van der Waals surface area contributed by atoms with Crippen molar-refractivity contribution in [2.75, 3.05) is 23.3 Å². The van der Waals surface area contributed by atoms with Crippen LogP contribution in [-0.2, 0) is 16.0 Å². The maximum Gasteiger partial charge on any atom is 0.253 e. The van der Waals surface area contributed by atoms with Crippen LogP contribution in [0, 0.1) is 12.8 Å². The zero-order valence-corrected chi connectivity index (χ0v) is 18.6. The van der Waals surface area contributed by atoms with E-state index in [0.717, 1.165) is 23.2 Å². The van der Waals surface area contributed by atoms with E-state index in [1.165, 1.54) is 0 Å². The number of nitrogens with one attached hydrogen (secondary N) is 2. The summed E-state index contributed by atoms with van der Waals surface area (Å²) in [5.74, 6) is -1.06. The number of benzene rings is 3. The number of anilines is 2. The van der Waals surface area contributed by atoms with Gasteiger partial charge < -0.3 is 15.5 Å². The Morgan fingerprint density at radius 2 is 1.64 bits per heavy atom. The van der Waals surface area contributed by atoms with Gasteiger partial charge in [0.1, 0.15) is 0 Å². The summed E-state index contributed by atoms with van der Waals surface area (Å²) < 4.78 is 0. The second kappa shape index (κ2) is 10.1. The van der Waals surface area contributed by atoms with Gasteiger partial charge in [-0.2, -0.15) is 0 Å². The lowest BCUT2D eigenvalue weighted by Crippen LogP contribution is -2.30. The van der Waals surface area contributed by atoms with Crippen LogP contribution in [0.15, 0.2) is 78.9 Å². The van der Waals surface area contributed by atoms with Crippen LogP contribution in [-0.4, -0.2) is 30.8 Å². The zero-order valence-electron chi connectivity index (χ0n) is 18.6. The molecule has 2 N–H and O–H groups in total. The monoisotopic (exact) mass is 441 g/mol. The second-order valence-electron chi connectivity index (χ2n) is 8.27. The highest BCUT2D eigenvalue weighted by Gasteiger charge is 2.35. The highest BCUT2D eigenvalue weighted by atomic mass is 16.2. The summed E-state index contributed by atoms with van der Waals surface area (Å²) in [6, 6.07) is 24.5. The van der Waals surface area contributed by atoms with E-state index in [2.05, 4.69) is 10.6 Å². The van der Waals surface area contributed by atoms with Gasteiger partial charge in [-0.25, -0.2) is 0 Å². The van der Waals surface area contributed by atoms with Gasteiger partial charge in [0.25, 0.3) is 5.91 Å². The third-order valence-corrected chi connectivity index (χ3v) is 5.81. The van der Waals surface area contributed by atoms with Crippen molar-refractivity contribution in [3.63, 3.8) is 0 Å². The maximum atomic E-state index is 12.9. The Balaban J connectivity index is 1.38. The fraction of sp³-hybridized carbons (Fsp3) is 0.222. The summed E-state index contributed by atoms with van der Waals surface area (Å²) in [4.78, 5) is 39.9. The molecule has 6 heteroatoms. The van der Waals surface area contributed by atoms with Crippen LogP contribution in [0.3, 0.4) is 0 Å². The van der Waals surface area contributed by atoms with E-state index in [0.29, 0.717) is 24.3 Å². The van der Waals surface area contributed by atoms with E-state index in [-0.39, 0.29) is 24.1 Å². The Morgan fingerprint density at radius 3 is 2.39 bits per heavy atom. The van der Waals surface area contributed by atoms with Gasteiger partial charge in [0.2, 0.25) is 11.8 Å². The summed E-state index contributed by atoms with van der Waals surface area (Å²) in [6.45, 7) is 2.80. The van der Waals surface area contributed by atoms with Gasteiger partial charge in [-0.3, -0.25) is 14.4 Å². The zero-order chi connectivity index (χ0) is 23.2. The maximum absolute atomic E-state index is 12.9. The third-order valence-electron chi connectivity index (χ3n) is 5.81. The highest BCUT2D eigenvalue weighted by Crippen LogP contribution is 2.27. The molecular formula is C27H27N3O3. The first-order valence-electron chi connectivity index (χ1n) is 11.1. The van der Waals surface area contributed by atoms with Gasteiger partial charge in [0.15, 0.2) is 0 Å². The Morgan fingerprint density at radius 1 is 0.939 bits per heavy atom. The van der Waals surface area contributed by atoms with Gasteiger partial charge in [0.05, 0.1) is 17.2 Å². The van der Waals surface area contributed by atoms with E-state index < -0.39 is 5.92 Å². The fourth-order valence-corrected chi connectivity index (χ4v) is 3.94. The summed E-state index contributed by atoms with van der Waals surface area (Å²) in [5, 5.41) is 5.78. The molecule has 0 radical (unpaired) electrons. The van der Waals surface area contributed by atoms with Crippen molar-refractivity contribution in [3.8, 4) is 0 Å². The summed E-state index contributed by atoms with van der Waals surface area (Å²) >= 11 is 0. The Labute approximate surface area is 193 Å². The summed E-state index contributed by atoms with van der Waals surface area (Å²) in [5.41, 5.74) is 3.89. The van der Waals surface area contributed by atoms with Crippen LogP contribution >= 0.6 is 0 Å². The minimum atomic E-state index is -0.479. The van der Waals surface area contributed by atoms with Crippen LogP contribution < -0.4 is 15.5 Å². The van der Waals surface area contributed by atoms with E-state index in [4.69, 9.17) is 0 Å². The molecule has 3 amide bonds. The van der Waals surface area contributed by atoms with Crippen molar-refractivity contribution in [1.82, 2.24) is 5.32 Å². The molecular weight excluding hydrogens is 414 g/mol. The van der Waals surface area contributed by atoms with E-state index >= 15 is 0 Å². The molecule has 3 aromatic carbocycles. The predicted molar refractivity (Wildman–Crippen MR) is 129 cm³/mol. The molecule has 1 fully saturated rings. The first kappa shape index (κ1) is 22.3. The van der Waals surface area contributed by atoms with Gasteiger partial charge in [-0.05, 0) is 43.2 Å². The molecule has 0 aliphatic carbocycles. The number of carbonyl (C=O) groups is 3. The van der Waals surface area contributed by atoms with Crippen molar-refractivity contribution in [3.05, 3.63) is 95.6 Å². The average Bonchev–Trinajstić information content (AvgIpc) is 3.22. The quantitative estimate of drug-likeness (QED) is 0.583. The van der Waals surface area contributed by atoms with Crippen LogP contribution in [0.4, 0.5) is 11.4 Å². The summed E-state index contributed by atoms with van der Waals surface area (Å²) in [6.07, 6.45) is 0.866. The number of carbonyl (C=O) groups excluding carboxylic acids is 3. The molecule has 1 aliphatic heterocycles. The van der Waals surface area contributed by atoms with Gasteiger partial charge in [-0.15, -0.1) is 0 Å². The largest absolute Gasteiger partial charge is 0.352 e. The molecule has 4 rings (SSSR count). The first-order valence-corrected chi connectivity index (χ1v) is 11.1. The van der Waals surface area contributed by atoms with Crippen molar-refractivity contribution < 1.29 is 14.4 Å². The molecule has 3 aromatic rings. The van der Waals surface area contributed by atoms with Crippen molar-refractivity contribution >= 4 is 29.1 Å². The topological polar surface area (TPSA) is 78.5 Å². The van der Waals surface area contributed by atoms with Crippen molar-refractivity contribution in [1.29, 1.82) is 0 Å². The average molecular weight is 442 g/mol.